The van der Waals surface area contributed by atoms with Crippen molar-refractivity contribution in [1.82, 2.24) is 0 Å². The first-order valence-electron chi connectivity index (χ1n) is 8.30. The normalized spacial score (nSPS) is 24.8. The largest absolute Gasteiger partial charge is 0.388 e. The number of hydrogen-bond donors (Lipinski definition) is 3. The second kappa shape index (κ2) is 4.67. The Balaban J connectivity index is 1.93. The highest BCUT2D eigenvalue weighted by atomic mass is 16.3. The van der Waals surface area contributed by atoms with E-state index in [0.29, 0.717) is 6.42 Å². The van der Waals surface area contributed by atoms with Crippen LogP contribution in [-0.2, 0) is 6.42 Å². The van der Waals surface area contributed by atoms with Gasteiger partial charge >= 0.3 is 0 Å². The molecule has 0 fully saturated rings. The number of hydrogen-bond acceptors (Lipinski definition) is 3. The van der Waals surface area contributed by atoms with E-state index in [1.54, 1.807) is 6.08 Å². The van der Waals surface area contributed by atoms with Crippen LogP contribution in [0.2, 0.25) is 0 Å². The fourth-order valence-corrected chi connectivity index (χ4v) is 4.42. The van der Waals surface area contributed by atoms with Crippen LogP contribution < -0.4 is 0 Å². The van der Waals surface area contributed by atoms with Crippen molar-refractivity contribution in [3.8, 4) is 0 Å². The number of benzene rings is 3. The Morgan fingerprint density at radius 2 is 1.83 bits per heavy atom. The molecule has 0 aromatic heterocycles. The third-order valence-corrected chi connectivity index (χ3v) is 5.58. The van der Waals surface area contributed by atoms with Crippen molar-refractivity contribution >= 4 is 27.6 Å². The molecule has 0 aliphatic heterocycles. The summed E-state index contributed by atoms with van der Waals surface area (Å²) in [5, 5.41) is 35.2. The summed E-state index contributed by atoms with van der Waals surface area (Å²) in [6.45, 7) is 2.05. The van der Waals surface area contributed by atoms with Gasteiger partial charge in [0.1, 0.15) is 12.2 Å². The Labute approximate surface area is 139 Å². The monoisotopic (exact) mass is 318 g/mol. The van der Waals surface area contributed by atoms with Crippen LogP contribution in [0.4, 0.5) is 0 Å². The number of aliphatic hydroxyl groups is 3. The third kappa shape index (κ3) is 1.67. The van der Waals surface area contributed by atoms with Gasteiger partial charge in [-0.15, -0.1) is 0 Å². The van der Waals surface area contributed by atoms with Crippen LogP contribution in [0.3, 0.4) is 0 Å². The lowest BCUT2D eigenvalue weighted by molar-refractivity contribution is 0.0471. The van der Waals surface area contributed by atoms with Gasteiger partial charge < -0.3 is 15.3 Å². The fourth-order valence-electron chi connectivity index (χ4n) is 4.42. The summed E-state index contributed by atoms with van der Waals surface area (Å²) in [5.41, 5.74) is 5.09. The third-order valence-electron chi connectivity index (χ3n) is 5.58. The van der Waals surface area contributed by atoms with Gasteiger partial charge in [0.15, 0.2) is 0 Å². The second-order valence-corrected chi connectivity index (χ2v) is 6.93. The molecule has 3 N–H and O–H groups in total. The zero-order chi connectivity index (χ0) is 16.6. The quantitative estimate of drug-likeness (QED) is 0.557. The molecule has 3 aromatic rings. The molecule has 24 heavy (non-hydrogen) atoms. The Kier molecular flexibility index (Phi) is 2.76. The minimum absolute atomic E-state index is 0.451. The van der Waals surface area contributed by atoms with Gasteiger partial charge in [-0.1, -0.05) is 36.4 Å². The van der Waals surface area contributed by atoms with Crippen molar-refractivity contribution in [1.29, 1.82) is 0 Å². The predicted octanol–water partition coefficient (Wildman–Crippen LogP) is 3.31. The summed E-state index contributed by atoms with van der Waals surface area (Å²) in [7, 11) is 0. The van der Waals surface area contributed by atoms with E-state index < -0.39 is 18.3 Å². The maximum atomic E-state index is 10.5. The van der Waals surface area contributed by atoms with Crippen LogP contribution in [0.25, 0.3) is 27.6 Å². The Hall–Kier alpha value is -2.20. The number of aliphatic hydroxyl groups excluding tert-OH is 3. The minimum Gasteiger partial charge on any atom is -0.388 e. The van der Waals surface area contributed by atoms with Gasteiger partial charge in [-0.2, -0.15) is 0 Å². The van der Waals surface area contributed by atoms with Crippen molar-refractivity contribution in [3.05, 3.63) is 64.2 Å². The van der Waals surface area contributed by atoms with Gasteiger partial charge in [-0.3, -0.25) is 0 Å². The number of rotatable bonds is 0. The molecule has 3 atom stereocenters. The molecule has 2 aliphatic rings. The molecule has 2 aliphatic carbocycles. The summed E-state index contributed by atoms with van der Waals surface area (Å²) in [4.78, 5) is 0. The molecular weight excluding hydrogens is 300 g/mol. The number of fused-ring (bicyclic) bond motifs is 4. The standard InChI is InChI=1S/C21H18O3/c1-10-2-3-11-8-15-12-6-7-17(22)21(24)14(12)5-4-13(15)16-9-18(23)19(10)20(11)16/h2-8,17-18,21-24H,9H2,1H3/t17-,18+,21-/m1/s1. The molecule has 0 heterocycles. The SMILES string of the molecule is Cc1ccc2cc3c4c(ccc3c3c2c1[C@@H](O)C3)[C@@H](O)[C@H](O)C=C4. The van der Waals surface area contributed by atoms with Crippen molar-refractivity contribution in [2.75, 3.05) is 0 Å². The highest BCUT2D eigenvalue weighted by Gasteiger charge is 2.29. The van der Waals surface area contributed by atoms with E-state index in [1.807, 2.05) is 25.1 Å². The van der Waals surface area contributed by atoms with Crippen LogP contribution in [0.15, 0.2) is 36.4 Å². The van der Waals surface area contributed by atoms with Crippen LogP contribution in [0.5, 0.6) is 0 Å². The van der Waals surface area contributed by atoms with E-state index in [2.05, 4.69) is 18.2 Å². The van der Waals surface area contributed by atoms with Crippen LogP contribution in [-0.4, -0.2) is 21.4 Å². The highest BCUT2D eigenvalue weighted by Crippen LogP contribution is 2.45. The summed E-state index contributed by atoms with van der Waals surface area (Å²) in [6.07, 6.45) is 1.97. The maximum Gasteiger partial charge on any atom is 0.109 e. The molecule has 0 unspecified atom stereocenters. The lowest BCUT2D eigenvalue weighted by Gasteiger charge is -2.23. The molecule has 0 spiro atoms. The first-order chi connectivity index (χ1) is 11.6. The Morgan fingerprint density at radius 1 is 1.00 bits per heavy atom. The first kappa shape index (κ1) is 14.2. The van der Waals surface area contributed by atoms with E-state index in [0.717, 1.165) is 38.4 Å². The van der Waals surface area contributed by atoms with Gasteiger partial charge in [-0.25, -0.2) is 0 Å². The van der Waals surface area contributed by atoms with Crippen molar-refractivity contribution in [3.63, 3.8) is 0 Å². The number of aryl methyl sites for hydroxylation is 1. The summed E-state index contributed by atoms with van der Waals surface area (Å²) >= 11 is 0. The molecule has 0 saturated carbocycles. The Morgan fingerprint density at radius 3 is 2.67 bits per heavy atom. The van der Waals surface area contributed by atoms with Crippen LogP contribution >= 0.6 is 0 Å². The average Bonchev–Trinajstić information content (AvgIpc) is 2.93. The summed E-state index contributed by atoms with van der Waals surface area (Å²) in [6, 6.07) is 10.2. The Bertz CT molecular complexity index is 1050. The van der Waals surface area contributed by atoms with E-state index in [4.69, 9.17) is 0 Å². The zero-order valence-electron chi connectivity index (χ0n) is 13.3. The van der Waals surface area contributed by atoms with Crippen LogP contribution in [0.1, 0.15) is 40.0 Å². The molecule has 0 amide bonds. The minimum atomic E-state index is -0.891. The highest BCUT2D eigenvalue weighted by molar-refractivity contribution is 6.08. The molecular formula is C21H18O3. The molecule has 0 saturated heterocycles. The lowest BCUT2D eigenvalue weighted by atomic mass is 9.86. The van der Waals surface area contributed by atoms with Crippen LogP contribution in [0, 0.1) is 6.92 Å². The lowest BCUT2D eigenvalue weighted by Crippen LogP contribution is -2.19. The van der Waals surface area contributed by atoms with Crippen molar-refractivity contribution in [2.24, 2.45) is 0 Å². The van der Waals surface area contributed by atoms with Crippen molar-refractivity contribution < 1.29 is 15.3 Å². The average molecular weight is 318 g/mol. The molecule has 5 rings (SSSR count). The van der Waals surface area contributed by atoms with E-state index in [-0.39, 0.29) is 0 Å². The van der Waals surface area contributed by atoms with Crippen molar-refractivity contribution in [2.45, 2.75) is 31.7 Å². The van der Waals surface area contributed by atoms with Gasteiger partial charge in [0.25, 0.3) is 0 Å². The second-order valence-electron chi connectivity index (χ2n) is 6.93. The van der Waals surface area contributed by atoms with Gasteiger partial charge in [0.05, 0.1) is 6.10 Å². The fraction of sp³-hybridized carbons (Fsp3) is 0.238. The van der Waals surface area contributed by atoms with E-state index in [1.165, 1.54) is 10.9 Å². The zero-order valence-corrected chi connectivity index (χ0v) is 13.3. The molecule has 3 heteroatoms. The topological polar surface area (TPSA) is 60.7 Å². The molecule has 120 valence electrons. The van der Waals surface area contributed by atoms with E-state index in [9.17, 15) is 15.3 Å². The van der Waals surface area contributed by atoms with Gasteiger partial charge in [-0.05, 0) is 62.4 Å². The summed E-state index contributed by atoms with van der Waals surface area (Å²) in [5.74, 6) is 0. The van der Waals surface area contributed by atoms with E-state index >= 15 is 0 Å². The predicted molar refractivity (Wildman–Crippen MR) is 94.9 cm³/mol. The molecule has 0 radical (unpaired) electrons. The summed E-state index contributed by atoms with van der Waals surface area (Å²) < 4.78 is 0. The smallest absolute Gasteiger partial charge is 0.109 e. The molecule has 3 aromatic carbocycles. The molecule has 3 nitrogen and oxygen atoms in total. The van der Waals surface area contributed by atoms with Gasteiger partial charge in [0, 0.05) is 6.42 Å². The first-order valence-corrected chi connectivity index (χ1v) is 8.30. The maximum absolute atomic E-state index is 10.5. The van der Waals surface area contributed by atoms with Gasteiger partial charge in [0.2, 0.25) is 0 Å². The molecule has 0 bridgehead atoms.